The molecule has 5 N–H and O–H groups in total. The molecule has 0 radical (unpaired) electrons. The zero-order chi connectivity index (χ0) is 45.9. The number of hydrogen-bond acceptors (Lipinski definition) is 15. The Labute approximate surface area is 378 Å². The molecule has 0 spiro atoms. The maximum absolute atomic E-state index is 13.3. The molecular formula is C45H60N10O10. The van der Waals surface area contributed by atoms with E-state index in [9.17, 15) is 28.8 Å². The molecule has 1 saturated heterocycles. The molecule has 4 heterocycles. The standard InChI is InChI=1S/C45H60N10O10/c1-4-34-44(61)53(2)36-25-48-45(52-40(36)55(34)29-8-5-6-9-29)50-33-13-12-28(24-37(33)62-3)41(58)47-17-19-64-21-23-65-22-20-63-18-16-46-26-39(57)49-32-11-7-10-30-31(32)27-54(43(30)60)35-14-15-38(56)51-42(35)59/h7,10-13,25,29,34-35,37,46H,4-6,8-9,14-24,26-27H2,1-3H3,(H,47,58)(H,49,57)(H,48,50,52)(H,51,56,59)/t34-,35?,37?/m1/s1. The van der Waals surface area contributed by atoms with E-state index in [4.69, 9.17) is 23.9 Å². The van der Waals surface area contributed by atoms with Gasteiger partial charge in [-0.3, -0.25) is 34.1 Å². The van der Waals surface area contributed by atoms with Crippen LogP contribution in [0.25, 0.3) is 0 Å². The molecule has 65 heavy (non-hydrogen) atoms. The first-order valence-corrected chi connectivity index (χ1v) is 22.5. The third-order valence-corrected chi connectivity index (χ3v) is 12.3. The fraction of sp³-hybridized carbons (Fsp3) is 0.556. The van der Waals surface area contributed by atoms with Crippen LogP contribution >= 0.6 is 0 Å². The maximum Gasteiger partial charge on any atom is 0.255 e. The third-order valence-electron chi connectivity index (χ3n) is 12.3. The Kier molecular flexibility index (Phi) is 16.3. The van der Waals surface area contributed by atoms with Gasteiger partial charge >= 0.3 is 0 Å². The number of likely N-dealkylation sites (N-methyl/N-ethyl adjacent to an activating group) is 1. The number of aromatic nitrogens is 2. The number of piperidine rings is 1. The Balaban J connectivity index is 0.735. The second kappa shape index (κ2) is 22.4. The molecule has 3 atom stereocenters. The van der Waals surface area contributed by atoms with Crippen molar-refractivity contribution in [3.05, 3.63) is 58.9 Å². The maximum atomic E-state index is 13.3. The number of fused-ring (bicyclic) bond motifs is 2. The van der Waals surface area contributed by atoms with E-state index in [-0.39, 0.29) is 67.6 Å². The average molecular weight is 901 g/mol. The van der Waals surface area contributed by atoms with Gasteiger partial charge in [0, 0.05) is 80.8 Å². The first kappa shape index (κ1) is 47.2. The number of carbonyl (C=O) groups excluding carboxylic acids is 6. The quantitative estimate of drug-likeness (QED) is 0.0837. The summed E-state index contributed by atoms with van der Waals surface area (Å²) in [6.45, 7) is 5.09. The summed E-state index contributed by atoms with van der Waals surface area (Å²) in [7, 11) is 3.37. The molecule has 20 heteroatoms. The summed E-state index contributed by atoms with van der Waals surface area (Å²) in [5.41, 5.74) is 3.56. The number of hydrogen-bond donors (Lipinski definition) is 5. The number of carbonyl (C=O) groups is 6. The minimum Gasteiger partial charge on any atom is -0.378 e. The number of anilines is 4. The first-order chi connectivity index (χ1) is 31.6. The van der Waals surface area contributed by atoms with Crippen molar-refractivity contribution in [1.82, 2.24) is 30.8 Å². The molecule has 2 fully saturated rings. The minimum atomic E-state index is -0.733. The van der Waals surface area contributed by atoms with E-state index in [1.165, 1.54) is 4.90 Å². The molecule has 0 bridgehead atoms. The lowest BCUT2D eigenvalue weighted by molar-refractivity contribution is -0.137. The van der Waals surface area contributed by atoms with Crippen molar-refractivity contribution < 1.29 is 47.7 Å². The van der Waals surface area contributed by atoms with Gasteiger partial charge in [0.1, 0.15) is 23.9 Å². The summed E-state index contributed by atoms with van der Waals surface area (Å²) in [4.78, 5) is 90.7. The molecule has 1 aromatic heterocycles. The van der Waals surface area contributed by atoms with Gasteiger partial charge in [-0.1, -0.05) is 31.9 Å². The molecule has 5 aliphatic rings. The van der Waals surface area contributed by atoms with Gasteiger partial charge in [-0.2, -0.15) is 4.98 Å². The van der Waals surface area contributed by atoms with Crippen LogP contribution in [0.5, 0.6) is 0 Å². The Morgan fingerprint density at radius 3 is 2.40 bits per heavy atom. The zero-order valence-corrected chi connectivity index (χ0v) is 37.3. The molecule has 2 aliphatic carbocycles. The molecule has 3 aliphatic heterocycles. The van der Waals surface area contributed by atoms with Crippen LogP contribution in [0.4, 0.5) is 23.1 Å². The van der Waals surface area contributed by atoms with Crippen molar-refractivity contribution in [1.29, 1.82) is 0 Å². The molecule has 350 valence electrons. The van der Waals surface area contributed by atoms with Crippen molar-refractivity contribution in [2.45, 2.75) is 89.1 Å². The van der Waals surface area contributed by atoms with Crippen molar-refractivity contribution in [2.24, 2.45) is 0 Å². The molecule has 1 saturated carbocycles. The molecule has 6 amide bonds. The van der Waals surface area contributed by atoms with Gasteiger partial charge in [0.05, 0.1) is 52.4 Å². The van der Waals surface area contributed by atoms with Gasteiger partial charge in [-0.15, -0.1) is 0 Å². The largest absolute Gasteiger partial charge is 0.378 e. The van der Waals surface area contributed by atoms with E-state index >= 15 is 0 Å². The fourth-order valence-electron chi connectivity index (χ4n) is 8.88. The smallest absolute Gasteiger partial charge is 0.255 e. The number of allylic oxidation sites excluding steroid dienone is 2. The van der Waals surface area contributed by atoms with Gasteiger partial charge in [0.2, 0.25) is 35.5 Å². The second-order valence-corrected chi connectivity index (χ2v) is 16.5. The number of nitrogens with one attached hydrogen (secondary N) is 5. The summed E-state index contributed by atoms with van der Waals surface area (Å²) in [5, 5.41) is 14.4. The Morgan fingerprint density at radius 2 is 1.68 bits per heavy atom. The zero-order valence-electron chi connectivity index (χ0n) is 37.3. The summed E-state index contributed by atoms with van der Waals surface area (Å²) >= 11 is 0. The predicted octanol–water partition coefficient (Wildman–Crippen LogP) is 1.78. The van der Waals surface area contributed by atoms with E-state index in [2.05, 4.69) is 36.5 Å². The van der Waals surface area contributed by atoms with Gasteiger partial charge in [-0.05, 0) is 43.9 Å². The van der Waals surface area contributed by atoms with Gasteiger partial charge in [0.25, 0.3) is 5.91 Å². The van der Waals surface area contributed by atoms with Crippen LogP contribution in [-0.4, -0.2) is 148 Å². The lowest BCUT2D eigenvalue weighted by atomic mass is 9.99. The van der Waals surface area contributed by atoms with Crippen molar-refractivity contribution in [3.63, 3.8) is 0 Å². The number of ether oxygens (including phenoxy) is 4. The van der Waals surface area contributed by atoms with Crippen LogP contribution in [-0.2, 0) is 49.5 Å². The number of nitrogens with zero attached hydrogens (tertiary/aromatic N) is 5. The van der Waals surface area contributed by atoms with Crippen LogP contribution in [0.1, 0.15) is 74.2 Å². The molecule has 2 aromatic rings. The highest BCUT2D eigenvalue weighted by molar-refractivity contribution is 6.07. The van der Waals surface area contributed by atoms with Crippen LogP contribution in [0, 0.1) is 0 Å². The Morgan fingerprint density at radius 1 is 0.938 bits per heavy atom. The summed E-state index contributed by atoms with van der Waals surface area (Å²) in [6, 6.07) is 4.32. The lowest BCUT2D eigenvalue weighted by Gasteiger charge is -2.43. The second-order valence-electron chi connectivity index (χ2n) is 16.5. The number of rotatable bonds is 22. The SMILES string of the molecule is CC[C@@H]1C(=O)N(C)c2cnc(NC3=CC=C(C(=O)NCCOCCOCCOCCNCC(=O)Nc4cccc5c4CN(C4CCC(=O)NC4=O)C5=O)CC3OC)nc2N1C1CCCC1. The molecule has 1 aromatic carbocycles. The van der Waals surface area contributed by atoms with Gasteiger partial charge in [0.15, 0.2) is 5.82 Å². The Bertz CT molecular complexity index is 2160. The van der Waals surface area contributed by atoms with Crippen LogP contribution in [0.2, 0.25) is 0 Å². The summed E-state index contributed by atoms with van der Waals surface area (Å²) in [6.07, 6.45) is 10.7. The van der Waals surface area contributed by atoms with E-state index < -0.39 is 18.1 Å². The average Bonchev–Trinajstić information content (AvgIpc) is 3.96. The van der Waals surface area contributed by atoms with Gasteiger partial charge < -0.3 is 54.9 Å². The Hall–Kier alpha value is -5.80. The molecule has 20 nitrogen and oxygen atoms in total. The lowest BCUT2D eigenvalue weighted by Crippen LogP contribution is -2.55. The summed E-state index contributed by atoms with van der Waals surface area (Å²) in [5.74, 6) is -0.418. The fourth-order valence-corrected chi connectivity index (χ4v) is 8.88. The van der Waals surface area contributed by atoms with Crippen LogP contribution in [0.3, 0.4) is 0 Å². The van der Waals surface area contributed by atoms with E-state index in [0.717, 1.165) is 37.2 Å². The monoisotopic (exact) mass is 900 g/mol. The molecule has 7 rings (SSSR count). The van der Waals surface area contributed by atoms with Crippen molar-refractivity contribution in [3.8, 4) is 0 Å². The number of benzene rings is 1. The van der Waals surface area contributed by atoms with Crippen molar-refractivity contribution >= 4 is 58.6 Å². The van der Waals surface area contributed by atoms with Crippen molar-refractivity contribution in [2.75, 3.05) is 93.9 Å². The van der Waals surface area contributed by atoms with E-state index in [1.807, 2.05) is 13.0 Å². The molecule has 2 unspecified atom stereocenters. The van der Waals surface area contributed by atoms with Gasteiger partial charge in [-0.25, -0.2) is 4.98 Å². The number of amides is 6. The van der Waals surface area contributed by atoms with E-state index in [1.54, 1.807) is 49.5 Å². The normalized spacial score (nSPS) is 20.9. The summed E-state index contributed by atoms with van der Waals surface area (Å²) < 4.78 is 22.5. The number of methoxy groups -OCH3 is 1. The van der Waals surface area contributed by atoms with E-state index in [0.29, 0.717) is 99.6 Å². The topological polar surface area (TPSA) is 235 Å². The molecular weight excluding hydrogens is 841 g/mol. The minimum absolute atomic E-state index is 0.0300. The highest BCUT2D eigenvalue weighted by Crippen LogP contribution is 2.40. The highest BCUT2D eigenvalue weighted by atomic mass is 16.5. The first-order valence-electron chi connectivity index (χ1n) is 22.5. The third kappa shape index (κ3) is 11.4. The predicted molar refractivity (Wildman–Crippen MR) is 239 cm³/mol. The van der Waals surface area contributed by atoms with Crippen LogP contribution in [0.15, 0.2) is 47.8 Å². The number of imide groups is 1. The van der Waals surface area contributed by atoms with Crippen LogP contribution < -0.4 is 36.4 Å². The highest BCUT2D eigenvalue weighted by Gasteiger charge is 2.42.